The van der Waals surface area contributed by atoms with Gasteiger partial charge in [0.1, 0.15) is 17.4 Å². The van der Waals surface area contributed by atoms with Crippen LogP contribution in [-0.2, 0) is 13.5 Å². The van der Waals surface area contributed by atoms with Gasteiger partial charge in [-0.05, 0) is 11.6 Å². The van der Waals surface area contributed by atoms with Crippen LogP contribution in [-0.4, -0.2) is 14.0 Å². The number of fused-ring (bicyclic) bond motifs is 7. The Hall–Kier alpha value is -2.62. The maximum absolute atomic E-state index is 7.97. The highest BCUT2D eigenvalue weighted by molar-refractivity contribution is 5.78. The highest BCUT2D eigenvalue weighted by Crippen LogP contribution is 2.34. The molecule has 4 nitrogen and oxygen atoms in total. The van der Waals surface area contributed by atoms with E-state index in [2.05, 4.69) is 21.7 Å². The van der Waals surface area contributed by atoms with Gasteiger partial charge in [-0.2, -0.15) is 4.40 Å². The molecule has 0 saturated heterocycles. The first kappa shape index (κ1) is 7.85. The summed E-state index contributed by atoms with van der Waals surface area (Å²) in [5.41, 5.74) is 4.88. The second-order valence-corrected chi connectivity index (χ2v) is 5.13. The first-order valence-corrected chi connectivity index (χ1v) is 6.54. The summed E-state index contributed by atoms with van der Waals surface area (Å²) in [5.74, 6) is 0.666. The standard InChI is InChI=1S/C16H13N4/c1-18-13-6-7-17-8-14(13)20-10-15-12-5-3-2-4-11(12)9-19(15)16(18)20/h2-8,10H,9H2,1H3/q+1/i1D3. The van der Waals surface area contributed by atoms with Crippen molar-refractivity contribution < 1.29 is 8.68 Å². The van der Waals surface area contributed by atoms with Crippen LogP contribution in [0.2, 0.25) is 0 Å². The van der Waals surface area contributed by atoms with Crippen LogP contribution in [0.25, 0.3) is 28.1 Å². The largest absolute Gasteiger partial charge is 0.370 e. The molecule has 0 N–H and O–H groups in total. The molecule has 0 amide bonds. The van der Waals surface area contributed by atoms with Crippen molar-refractivity contribution in [1.29, 1.82) is 0 Å². The topological polar surface area (TPSA) is 26.1 Å². The molecule has 4 aromatic rings. The van der Waals surface area contributed by atoms with Crippen molar-refractivity contribution in [3.8, 4) is 11.3 Å². The monoisotopic (exact) mass is 264 g/mol. The molecule has 5 rings (SSSR count). The lowest BCUT2D eigenvalue weighted by Gasteiger charge is -1.93. The van der Waals surface area contributed by atoms with Gasteiger partial charge in [-0.3, -0.25) is 4.98 Å². The fourth-order valence-corrected chi connectivity index (χ4v) is 3.20. The number of nitrogens with zero attached hydrogens (tertiary/aromatic N) is 4. The van der Waals surface area contributed by atoms with Crippen LogP contribution < -0.4 is 4.57 Å². The van der Waals surface area contributed by atoms with Crippen molar-refractivity contribution in [3.05, 3.63) is 54.5 Å². The first-order valence-electron chi connectivity index (χ1n) is 8.04. The number of aromatic nitrogens is 4. The number of rotatable bonds is 0. The number of pyridine rings is 1. The van der Waals surface area contributed by atoms with Gasteiger partial charge in [-0.25, -0.2) is 9.13 Å². The van der Waals surface area contributed by atoms with Gasteiger partial charge in [0, 0.05) is 11.8 Å². The fourth-order valence-electron chi connectivity index (χ4n) is 3.20. The lowest BCUT2D eigenvalue weighted by Crippen LogP contribution is -2.29. The smallest absolute Gasteiger partial charge is 0.261 e. The minimum Gasteiger partial charge on any atom is -0.261 e. The number of imidazole rings is 2. The third kappa shape index (κ3) is 1.04. The summed E-state index contributed by atoms with van der Waals surface area (Å²) >= 11 is 0. The van der Waals surface area contributed by atoms with Crippen LogP contribution in [0, 0.1) is 0 Å². The molecule has 0 atom stereocenters. The Labute approximate surface area is 119 Å². The Balaban J connectivity index is 1.97. The van der Waals surface area contributed by atoms with Gasteiger partial charge in [0.05, 0.1) is 23.8 Å². The van der Waals surface area contributed by atoms with Crippen molar-refractivity contribution >= 4 is 16.8 Å². The second-order valence-electron chi connectivity index (χ2n) is 5.13. The molecule has 4 heterocycles. The van der Waals surface area contributed by atoms with E-state index in [0.29, 0.717) is 17.8 Å². The zero-order chi connectivity index (χ0) is 15.8. The summed E-state index contributed by atoms with van der Waals surface area (Å²) in [6, 6.07) is 9.94. The van der Waals surface area contributed by atoms with Gasteiger partial charge in [0.15, 0.2) is 5.52 Å². The Morgan fingerprint density at radius 1 is 1.30 bits per heavy atom. The average Bonchev–Trinajstić information content (AvgIpc) is 3.13. The van der Waals surface area contributed by atoms with Crippen molar-refractivity contribution in [1.82, 2.24) is 14.0 Å². The van der Waals surface area contributed by atoms with Gasteiger partial charge >= 0.3 is 5.78 Å². The molecule has 0 aliphatic carbocycles. The molecule has 1 aromatic carbocycles. The van der Waals surface area contributed by atoms with Crippen LogP contribution in [0.3, 0.4) is 0 Å². The predicted octanol–water partition coefficient (Wildman–Crippen LogP) is 2.14. The molecule has 96 valence electrons. The minimum atomic E-state index is -2.25. The molecule has 0 saturated carbocycles. The van der Waals surface area contributed by atoms with E-state index in [0.717, 1.165) is 16.8 Å². The molecule has 0 unspecified atom stereocenters. The van der Waals surface area contributed by atoms with E-state index in [-0.39, 0.29) is 0 Å². The van der Waals surface area contributed by atoms with Crippen molar-refractivity contribution in [2.45, 2.75) is 6.54 Å². The normalized spacial score (nSPS) is 15.9. The van der Waals surface area contributed by atoms with Crippen molar-refractivity contribution in [2.75, 3.05) is 0 Å². The van der Waals surface area contributed by atoms with Crippen molar-refractivity contribution in [2.24, 2.45) is 6.98 Å². The molecule has 0 radical (unpaired) electrons. The third-order valence-electron chi connectivity index (χ3n) is 4.10. The SMILES string of the molecule is [2H]C([2H])([2H])[n+]1c2ccncc2n2cc3n(c21)Cc1ccccc1-3. The minimum absolute atomic E-state index is 0.666. The Morgan fingerprint density at radius 3 is 3.20 bits per heavy atom. The second kappa shape index (κ2) is 3.28. The molecule has 3 aromatic heterocycles. The van der Waals surface area contributed by atoms with Crippen LogP contribution in [0.5, 0.6) is 0 Å². The molecule has 20 heavy (non-hydrogen) atoms. The zero-order valence-electron chi connectivity index (χ0n) is 13.6. The Morgan fingerprint density at radius 2 is 2.25 bits per heavy atom. The summed E-state index contributed by atoms with van der Waals surface area (Å²) < 4.78 is 29.3. The van der Waals surface area contributed by atoms with E-state index in [1.165, 1.54) is 10.1 Å². The molecule has 0 spiro atoms. The summed E-state index contributed by atoms with van der Waals surface area (Å²) in [6.07, 6.45) is 5.35. The summed E-state index contributed by atoms with van der Waals surface area (Å²) in [7, 11) is 0. The van der Waals surface area contributed by atoms with Gasteiger partial charge in [0.2, 0.25) is 0 Å². The van der Waals surface area contributed by atoms with E-state index in [4.69, 9.17) is 4.11 Å². The maximum Gasteiger partial charge on any atom is 0.370 e. The Bertz CT molecular complexity index is 1090. The Kier molecular flexibility index (Phi) is 1.29. The molecule has 1 aliphatic rings. The number of aryl methyl sites for hydroxylation is 1. The van der Waals surface area contributed by atoms with Gasteiger partial charge in [-0.1, -0.05) is 24.3 Å². The summed E-state index contributed by atoms with van der Waals surface area (Å²) in [5, 5.41) is 0. The molecule has 0 fully saturated rings. The molecular formula is C16H13N4+. The molecule has 4 heteroatoms. The van der Waals surface area contributed by atoms with E-state index in [1.807, 2.05) is 22.7 Å². The maximum atomic E-state index is 7.97. The summed E-state index contributed by atoms with van der Waals surface area (Å²) in [4.78, 5) is 4.16. The lowest BCUT2D eigenvalue weighted by atomic mass is 10.1. The number of benzene rings is 1. The summed E-state index contributed by atoms with van der Waals surface area (Å²) in [6.45, 7) is -1.57. The molecular weight excluding hydrogens is 248 g/mol. The number of hydrogen-bond acceptors (Lipinski definition) is 1. The van der Waals surface area contributed by atoms with Gasteiger partial charge in [0.25, 0.3) is 0 Å². The van der Waals surface area contributed by atoms with E-state index in [1.54, 1.807) is 18.5 Å². The molecule has 1 aliphatic heterocycles. The molecule has 0 bridgehead atoms. The van der Waals surface area contributed by atoms with Crippen LogP contribution >= 0.6 is 0 Å². The van der Waals surface area contributed by atoms with Gasteiger partial charge < -0.3 is 0 Å². The quantitative estimate of drug-likeness (QED) is 0.394. The van der Waals surface area contributed by atoms with Crippen LogP contribution in [0.1, 0.15) is 9.68 Å². The van der Waals surface area contributed by atoms with E-state index in [9.17, 15) is 0 Å². The van der Waals surface area contributed by atoms with Crippen LogP contribution in [0.4, 0.5) is 0 Å². The van der Waals surface area contributed by atoms with Crippen LogP contribution in [0.15, 0.2) is 48.9 Å². The highest BCUT2D eigenvalue weighted by Gasteiger charge is 2.30. The third-order valence-corrected chi connectivity index (χ3v) is 4.10. The lowest BCUT2D eigenvalue weighted by molar-refractivity contribution is -0.621. The predicted molar refractivity (Wildman–Crippen MR) is 76.4 cm³/mol. The number of hydrogen-bond donors (Lipinski definition) is 0. The highest BCUT2D eigenvalue weighted by atomic mass is 15.3. The van der Waals surface area contributed by atoms with E-state index < -0.39 is 6.98 Å². The average molecular weight is 264 g/mol. The van der Waals surface area contributed by atoms with Gasteiger partial charge in [-0.15, -0.1) is 0 Å². The van der Waals surface area contributed by atoms with Crippen molar-refractivity contribution in [3.63, 3.8) is 0 Å². The fraction of sp³-hybridized carbons (Fsp3) is 0.125. The van der Waals surface area contributed by atoms with E-state index >= 15 is 0 Å². The zero-order valence-corrected chi connectivity index (χ0v) is 10.6. The first-order chi connectivity index (χ1) is 11.1.